The van der Waals surface area contributed by atoms with Crippen molar-refractivity contribution in [2.45, 2.75) is 20.3 Å². The Balaban J connectivity index is 2.18. The summed E-state index contributed by atoms with van der Waals surface area (Å²) < 4.78 is 0. The summed E-state index contributed by atoms with van der Waals surface area (Å²) in [5.74, 6) is -0.459. The minimum absolute atomic E-state index is 0.130. The van der Waals surface area contributed by atoms with Crippen LogP contribution in [0, 0.1) is 13.8 Å². The summed E-state index contributed by atoms with van der Waals surface area (Å²) in [5, 5.41) is 9.20. The molecule has 6 nitrogen and oxygen atoms in total. The zero-order valence-corrected chi connectivity index (χ0v) is 13.4. The standard InChI is InChI=1S/C17H21N3O3/c1-12-13(2)19-16(22)15(18-12)17(23)20(10-11-21)9-8-14-6-4-3-5-7-14/h3-7,21H,8-11H2,1-2H3,(H,19,22). The van der Waals surface area contributed by atoms with E-state index in [0.717, 1.165) is 5.56 Å². The lowest BCUT2D eigenvalue weighted by molar-refractivity contribution is 0.0715. The topological polar surface area (TPSA) is 86.3 Å². The van der Waals surface area contributed by atoms with Crippen LogP contribution in [0.4, 0.5) is 0 Å². The van der Waals surface area contributed by atoms with Crippen LogP contribution < -0.4 is 5.56 Å². The monoisotopic (exact) mass is 315 g/mol. The van der Waals surface area contributed by atoms with Gasteiger partial charge in [-0.25, -0.2) is 4.98 Å². The van der Waals surface area contributed by atoms with Crippen LogP contribution in [0.5, 0.6) is 0 Å². The van der Waals surface area contributed by atoms with Crippen LogP contribution in [0.25, 0.3) is 0 Å². The molecule has 0 atom stereocenters. The lowest BCUT2D eigenvalue weighted by Crippen LogP contribution is -2.39. The second-order valence-electron chi connectivity index (χ2n) is 5.38. The van der Waals surface area contributed by atoms with Crippen LogP contribution in [0.1, 0.15) is 27.4 Å². The first-order chi connectivity index (χ1) is 11.0. The molecule has 1 aromatic carbocycles. The second kappa shape index (κ2) is 7.69. The van der Waals surface area contributed by atoms with E-state index in [1.54, 1.807) is 13.8 Å². The highest BCUT2D eigenvalue weighted by Crippen LogP contribution is 2.05. The predicted molar refractivity (Wildman–Crippen MR) is 87.5 cm³/mol. The molecular formula is C17H21N3O3. The van der Waals surface area contributed by atoms with Crippen molar-refractivity contribution >= 4 is 5.91 Å². The number of amides is 1. The van der Waals surface area contributed by atoms with Crippen molar-refractivity contribution in [2.75, 3.05) is 19.7 Å². The number of carbonyl (C=O) groups excluding carboxylic acids is 1. The van der Waals surface area contributed by atoms with E-state index in [1.807, 2.05) is 30.3 Å². The molecule has 6 heteroatoms. The smallest absolute Gasteiger partial charge is 0.279 e. The van der Waals surface area contributed by atoms with Crippen molar-refractivity contribution in [1.29, 1.82) is 0 Å². The number of H-pyrrole nitrogens is 1. The lowest BCUT2D eigenvalue weighted by Gasteiger charge is -2.21. The Labute approximate surface area is 134 Å². The van der Waals surface area contributed by atoms with Crippen LogP contribution in [0.3, 0.4) is 0 Å². The molecule has 1 heterocycles. The largest absolute Gasteiger partial charge is 0.395 e. The van der Waals surface area contributed by atoms with Crippen molar-refractivity contribution in [1.82, 2.24) is 14.9 Å². The highest BCUT2D eigenvalue weighted by molar-refractivity contribution is 5.92. The molecule has 2 N–H and O–H groups in total. The molecular weight excluding hydrogens is 294 g/mol. The predicted octanol–water partition coefficient (Wildman–Crippen LogP) is 1.06. The summed E-state index contributed by atoms with van der Waals surface area (Å²) in [6.07, 6.45) is 0.648. The van der Waals surface area contributed by atoms with Gasteiger partial charge in [-0.3, -0.25) is 9.59 Å². The van der Waals surface area contributed by atoms with Crippen LogP contribution in [-0.4, -0.2) is 45.6 Å². The fourth-order valence-corrected chi connectivity index (χ4v) is 2.26. The van der Waals surface area contributed by atoms with Crippen molar-refractivity contribution in [2.24, 2.45) is 0 Å². The molecule has 1 amide bonds. The Morgan fingerprint density at radius 1 is 1.22 bits per heavy atom. The zero-order valence-electron chi connectivity index (χ0n) is 13.4. The van der Waals surface area contributed by atoms with Crippen LogP contribution in [0.15, 0.2) is 35.1 Å². The molecule has 0 saturated heterocycles. The molecule has 122 valence electrons. The van der Waals surface area contributed by atoms with E-state index in [9.17, 15) is 14.7 Å². The van der Waals surface area contributed by atoms with Gasteiger partial charge in [0.15, 0.2) is 5.69 Å². The second-order valence-corrected chi connectivity index (χ2v) is 5.38. The number of nitrogens with zero attached hydrogens (tertiary/aromatic N) is 2. The molecule has 0 unspecified atom stereocenters. The van der Waals surface area contributed by atoms with Gasteiger partial charge in [-0.1, -0.05) is 30.3 Å². The summed E-state index contributed by atoms with van der Waals surface area (Å²) in [7, 11) is 0. The highest BCUT2D eigenvalue weighted by atomic mass is 16.3. The minimum atomic E-state index is -0.499. The van der Waals surface area contributed by atoms with Crippen molar-refractivity contribution in [3.05, 3.63) is 63.3 Å². The third-order valence-electron chi connectivity index (χ3n) is 3.71. The number of aromatic amines is 1. The molecule has 2 aromatic rings. The van der Waals surface area contributed by atoms with E-state index in [1.165, 1.54) is 4.90 Å². The van der Waals surface area contributed by atoms with Gasteiger partial charge in [-0.15, -0.1) is 0 Å². The molecule has 1 aromatic heterocycles. The number of aliphatic hydroxyl groups is 1. The molecule has 0 radical (unpaired) electrons. The molecule has 0 saturated carbocycles. The quantitative estimate of drug-likeness (QED) is 0.835. The average molecular weight is 315 g/mol. The van der Waals surface area contributed by atoms with Gasteiger partial charge in [0.2, 0.25) is 0 Å². The summed E-state index contributed by atoms with van der Waals surface area (Å²) in [4.78, 5) is 32.8. The first kappa shape index (κ1) is 16.9. The number of aromatic nitrogens is 2. The third kappa shape index (κ3) is 4.26. The third-order valence-corrected chi connectivity index (χ3v) is 3.71. The van der Waals surface area contributed by atoms with Crippen molar-refractivity contribution < 1.29 is 9.90 Å². The zero-order chi connectivity index (χ0) is 16.8. The van der Waals surface area contributed by atoms with Gasteiger partial charge in [0.1, 0.15) is 0 Å². The van der Waals surface area contributed by atoms with E-state index < -0.39 is 11.5 Å². The maximum Gasteiger partial charge on any atom is 0.279 e. The number of aliphatic hydroxyl groups excluding tert-OH is 1. The Bertz CT molecular complexity index is 726. The number of nitrogens with one attached hydrogen (secondary N) is 1. The fraction of sp³-hybridized carbons (Fsp3) is 0.353. The molecule has 0 aliphatic carbocycles. The van der Waals surface area contributed by atoms with Gasteiger partial charge in [0.05, 0.1) is 12.3 Å². The molecule has 2 rings (SSSR count). The SMILES string of the molecule is Cc1nc(C(=O)N(CCO)CCc2ccccc2)c(=O)[nH]c1C. The normalized spacial score (nSPS) is 10.6. The molecule has 0 bridgehead atoms. The van der Waals surface area contributed by atoms with Crippen molar-refractivity contribution in [3.8, 4) is 0 Å². The van der Waals surface area contributed by atoms with Gasteiger partial charge >= 0.3 is 0 Å². The number of carbonyl (C=O) groups is 1. The van der Waals surface area contributed by atoms with E-state index in [0.29, 0.717) is 24.4 Å². The summed E-state index contributed by atoms with van der Waals surface area (Å²) in [6, 6.07) is 9.75. The minimum Gasteiger partial charge on any atom is -0.395 e. The van der Waals surface area contributed by atoms with E-state index in [4.69, 9.17) is 0 Å². The van der Waals surface area contributed by atoms with Gasteiger partial charge < -0.3 is 15.0 Å². The number of benzene rings is 1. The van der Waals surface area contributed by atoms with Crippen molar-refractivity contribution in [3.63, 3.8) is 0 Å². The number of hydrogen-bond donors (Lipinski definition) is 2. The van der Waals surface area contributed by atoms with E-state index in [-0.39, 0.29) is 18.8 Å². The summed E-state index contributed by atoms with van der Waals surface area (Å²) >= 11 is 0. The molecule has 0 aliphatic rings. The van der Waals surface area contributed by atoms with Gasteiger partial charge in [-0.2, -0.15) is 0 Å². The van der Waals surface area contributed by atoms with E-state index in [2.05, 4.69) is 9.97 Å². The maximum absolute atomic E-state index is 12.6. The lowest BCUT2D eigenvalue weighted by atomic mass is 10.1. The first-order valence-corrected chi connectivity index (χ1v) is 7.54. The number of hydrogen-bond acceptors (Lipinski definition) is 4. The van der Waals surface area contributed by atoms with Crippen LogP contribution in [-0.2, 0) is 6.42 Å². The Morgan fingerprint density at radius 3 is 2.57 bits per heavy atom. The van der Waals surface area contributed by atoms with Gasteiger partial charge in [0.25, 0.3) is 11.5 Å². The maximum atomic E-state index is 12.6. The van der Waals surface area contributed by atoms with Gasteiger partial charge in [-0.05, 0) is 25.8 Å². The average Bonchev–Trinajstić information content (AvgIpc) is 2.55. The molecule has 0 spiro atoms. The van der Waals surface area contributed by atoms with Crippen LogP contribution in [0.2, 0.25) is 0 Å². The van der Waals surface area contributed by atoms with Crippen LogP contribution >= 0.6 is 0 Å². The van der Waals surface area contributed by atoms with Gasteiger partial charge in [0, 0.05) is 18.8 Å². The Hall–Kier alpha value is -2.47. The highest BCUT2D eigenvalue weighted by Gasteiger charge is 2.20. The summed E-state index contributed by atoms with van der Waals surface area (Å²) in [5.41, 5.74) is 1.71. The first-order valence-electron chi connectivity index (χ1n) is 7.54. The van der Waals surface area contributed by atoms with E-state index >= 15 is 0 Å². The fourth-order valence-electron chi connectivity index (χ4n) is 2.26. The molecule has 0 aliphatic heterocycles. The molecule has 0 fully saturated rings. The molecule has 23 heavy (non-hydrogen) atoms. The number of rotatable bonds is 6. The summed E-state index contributed by atoms with van der Waals surface area (Å²) in [6.45, 7) is 3.89. The Kier molecular flexibility index (Phi) is 5.65. The Morgan fingerprint density at radius 2 is 1.91 bits per heavy atom. The number of aryl methyl sites for hydroxylation is 2.